The summed E-state index contributed by atoms with van der Waals surface area (Å²) < 4.78 is 28.2. The molecular weight excluding hydrogens is 334 g/mol. The van der Waals surface area contributed by atoms with Gasteiger partial charge in [-0.15, -0.1) is 0 Å². The monoisotopic (exact) mass is 353 g/mol. The second-order valence-corrected chi connectivity index (χ2v) is 8.40. The van der Waals surface area contributed by atoms with Gasteiger partial charge in [0.25, 0.3) is 10.0 Å². The highest BCUT2D eigenvalue weighted by atomic mass is 32.2. The lowest BCUT2D eigenvalue weighted by molar-refractivity contribution is 0.112. The second-order valence-electron chi connectivity index (χ2n) is 6.61. The molecule has 128 valence electrons. The fourth-order valence-electron chi connectivity index (χ4n) is 3.69. The molecule has 0 aliphatic heterocycles. The van der Waals surface area contributed by atoms with Gasteiger partial charge < -0.3 is 0 Å². The molecule has 1 aliphatic carbocycles. The van der Waals surface area contributed by atoms with E-state index in [9.17, 15) is 13.2 Å². The number of hydrogen-bond acceptors (Lipinski definition) is 3. The molecule has 0 bridgehead atoms. The zero-order chi connectivity index (χ0) is 17.6. The number of aromatic nitrogens is 1. The first-order valence-corrected chi connectivity index (χ1v) is 9.90. The topological polar surface area (TPSA) is 56.1 Å². The zero-order valence-corrected chi connectivity index (χ0v) is 14.8. The second kappa shape index (κ2) is 5.85. The van der Waals surface area contributed by atoms with E-state index in [1.807, 2.05) is 25.1 Å². The Hall–Kier alpha value is -2.40. The summed E-state index contributed by atoms with van der Waals surface area (Å²) >= 11 is 0. The van der Waals surface area contributed by atoms with Crippen LogP contribution >= 0.6 is 0 Å². The van der Waals surface area contributed by atoms with Crippen LogP contribution in [0.15, 0.2) is 47.4 Å². The molecule has 0 radical (unpaired) electrons. The lowest BCUT2D eigenvalue weighted by Gasteiger charge is -2.16. The van der Waals surface area contributed by atoms with Crippen LogP contribution in [0.3, 0.4) is 0 Å². The Kier molecular flexibility index (Phi) is 3.76. The van der Waals surface area contributed by atoms with Crippen molar-refractivity contribution in [2.75, 3.05) is 0 Å². The molecule has 1 heterocycles. The van der Waals surface area contributed by atoms with Crippen molar-refractivity contribution in [3.05, 3.63) is 64.8 Å². The molecule has 3 aromatic rings. The van der Waals surface area contributed by atoms with E-state index in [1.165, 1.54) is 3.97 Å². The number of benzene rings is 2. The molecule has 1 aromatic heterocycles. The van der Waals surface area contributed by atoms with E-state index in [4.69, 9.17) is 0 Å². The maximum atomic E-state index is 13.3. The van der Waals surface area contributed by atoms with Crippen LogP contribution in [0.2, 0.25) is 0 Å². The molecule has 1 aliphatic rings. The summed E-state index contributed by atoms with van der Waals surface area (Å²) in [5, 5.41) is 0.884. The molecule has 0 saturated carbocycles. The van der Waals surface area contributed by atoms with E-state index >= 15 is 0 Å². The maximum Gasteiger partial charge on any atom is 0.268 e. The SMILES string of the molecule is Cc1ccc(S(=O)(=O)n2c3c(c4cc(C=O)ccc42)CCCC3)cc1. The highest BCUT2D eigenvalue weighted by Crippen LogP contribution is 2.35. The third-order valence-electron chi connectivity index (χ3n) is 4.94. The molecule has 0 unspecified atom stereocenters. The average molecular weight is 353 g/mol. The van der Waals surface area contributed by atoms with Gasteiger partial charge in [0.15, 0.2) is 0 Å². The van der Waals surface area contributed by atoms with Crippen LogP contribution in [0.5, 0.6) is 0 Å². The number of fused-ring (bicyclic) bond motifs is 3. The zero-order valence-electron chi connectivity index (χ0n) is 14.0. The van der Waals surface area contributed by atoms with Crippen LogP contribution in [0, 0.1) is 6.92 Å². The summed E-state index contributed by atoms with van der Waals surface area (Å²) in [5.41, 5.74) is 4.20. The van der Waals surface area contributed by atoms with E-state index < -0.39 is 10.0 Å². The van der Waals surface area contributed by atoms with Gasteiger partial charge in [-0.05, 0) is 68.5 Å². The van der Waals surface area contributed by atoms with Gasteiger partial charge in [-0.2, -0.15) is 0 Å². The summed E-state index contributed by atoms with van der Waals surface area (Å²) in [5.74, 6) is 0. The summed E-state index contributed by atoms with van der Waals surface area (Å²) in [4.78, 5) is 11.4. The van der Waals surface area contributed by atoms with Crippen LogP contribution < -0.4 is 0 Å². The quantitative estimate of drug-likeness (QED) is 0.672. The molecular formula is C20H19NO3S. The van der Waals surface area contributed by atoms with Gasteiger partial charge in [0, 0.05) is 16.6 Å². The van der Waals surface area contributed by atoms with Crippen LogP contribution in [0.1, 0.15) is 40.0 Å². The summed E-state index contributed by atoms with van der Waals surface area (Å²) in [6, 6.07) is 12.2. The number of hydrogen-bond donors (Lipinski definition) is 0. The van der Waals surface area contributed by atoms with Crippen molar-refractivity contribution < 1.29 is 13.2 Å². The minimum Gasteiger partial charge on any atom is -0.298 e. The normalized spacial score (nSPS) is 14.4. The Balaban J connectivity index is 2.04. The third kappa shape index (κ3) is 2.50. The van der Waals surface area contributed by atoms with Gasteiger partial charge in [-0.1, -0.05) is 17.7 Å². The predicted molar refractivity (Wildman–Crippen MR) is 97.7 cm³/mol. The number of nitrogens with zero attached hydrogens (tertiary/aromatic N) is 1. The smallest absolute Gasteiger partial charge is 0.268 e. The van der Waals surface area contributed by atoms with Gasteiger partial charge in [0.05, 0.1) is 10.4 Å². The average Bonchev–Trinajstić information content (AvgIpc) is 2.96. The molecule has 4 rings (SSSR count). The summed E-state index contributed by atoms with van der Waals surface area (Å²) in [6.07, 6.45) is 4.42. The van der Waals surface area contributed by atoms with Crippen molar-refractivity contribution in [1.82, 2.24) is 3.97 Å². The Bertz CT molecular complexity index is 1080. The number of carbonyl (C=O) groups excluding carboxylic acids is 1. The molecule has 5 heteroatoms. The first kappa shape index (κ1) is 16.1. The van der Waals surface area contributed by atoms with E-state index in [0.717, 1.165) is 54.2 Å². The molecule has 25 heavy (non-hydrogen) atoms. The lowest BCUT2D eigenvalue weighted by atomic mass is 9.95. The van der Waals surface area contributed by atoms with Gasteiger partial charge in [-0.25, -0.2) is 12.4 Å². The highest BCUT2D eigenvalue weighted by molar-refractivity contribution is 7.90. The number of aldehydes is 1. The summed E-state index contributed by atoms with van der Waals surface area (Å²) in [6.45, 7) is 1.93. The van der Waals surface area contributed by atoms with Crippen molar-refractivity contribution in [3.8, 4) is 0 Å². The van der Waals surface area contributed by atoms with Gasteiger partial charge in [-0.3, -0.25) is 4.79 Å². The fourth-order valence-corrected chi connectivity index (χ4v) is 5.29. The van der Waals surface area contributed by atoms with E-state index in [2.05, 4.69) is 0 Å². The molecule has 0 fully saturated rings. The van der Waals surface area contributed by atoms with Crippen molar-refractivity contribution in [1.29, 1.82) is 0 Å². The first-order valence-electron chi connectivity index (χ1n) is 8.46. The highest BCUT2D eigenvalue weighted by Gasteiger charge is 2.28. The standard InChI is InChI=1S/C20H19NO3S/c1-14-6-9-16(10-7-14)25(23,24)21-19-5-3-2-4-17(19)18-12-15(13-22)8-11-20(18)21/h6-13H,2-5H2,1H3. The number of carbonyl (C=O) groups is 1. The molecule has 0 atom stereocenters. The van der Waals surface area contributed by atoms with Gasteiger partial charge in [0.2, 0.25) is 0 Å². The van der Waals surface area contributed by atoms with Crippen molar-refractivity contribution in [2.24, 2.45) is 0 Å². The van der Waals surface area contributed by atoms with E-state index in [1.54, 1.807) is 24.3 Å². The Morgan fingerprint density at radius 2 is 1.72 bits per heavy atom. The third-order valence-corrected chi connectivity index (χ3v) is 6.71. The van der Waals surface area contributed by atoms with Crippen molar-refractivity contribution in [2.45, 2.75) is 37.5 Å². The number of aryl methyl sites for hydroxylation is 2. The minimum absolute atomic E-state index is 0.294. The van der Waals surface area contributed by atoms with Gasteiger partial charge in [0.1, 0.15) is 6.29 Å². The van der Waals surface area contributed by atoms with Crippen LogP contribution in [-0.2, 0) is 22.9 Å². The van der Waals surface area contributed by atoms with Crippen LogP contribution in [-0.4, -0.2) is 18.7 Å². The number of rotatable bonds is 3. The van der Waals surface area contributed by atoms with E-state index in [0.29, 0.717) is 16.0 Å². The maximum absolute atomic E-state index is 13.3. The molecule has 2 aromatic carbocycles. The van der Waals surface area contributed by atoms with Crippen molar-refractivity contribution >= 4 is 27.2 Å². The lowest BCUT2D eigenvalue weighted by Crippen LogP contribution is -2.17. The van der Waals surface area contributed by atoms with Crippen molar-refractivity contribution in [3.63, 3.8) is 0 Å². The largest absolute Gasteiger partial charge is 0.298 e. The summed E-state index contributed by atoms with van der Waals surface area (Å²) in [7, 11) is -3.67. The van der Waals surface area contributed by atoms with Crippen LogP contribution in [0.4, 0.5) is 0 Å². The molecule has 4 nitrogen and oxygen atoms in total. The Morgan fingerprint density at radius 3 is 2.44 bits per heavy atom. The van der Waals surface area contributed by atoms with Gasteiger partial charge >= 0.3 is 0 Å². The Morgan fingerprint density at radius 1 is 1.00 bits per heavy atom. The first-order chi connectivity index (χ1) is 12.0. The fraction of sp³-hybridized carbons (Fsp3) is 0.250. The molecule has 0 amide bonds. The molecule has 0 saturated heterocycles. The minimum atomic E-state index is -3.67. The predicted octanol–water partition coefficient (Wildman–Crippen LogP) is 3.88. The molecule has 0 spiro atoms. The van der Waals surface area contributed by atoms with E-state index in [-0.39, 0.29) is 0 Å². The molecule has 0 N–H and O–H groups in total. The Labute approximate surface area is 147 Å². The van der Waals surface area contributed by atoms with Crippen LogP contribution in [0.25, 0.3) is 10.9 Å².